The van der Waals surface area contributed by atoms with Gasteiger partial charge in [-0.05, 0) is 24.2 Å². The van der Waals surface area contributed by atoms with Gasteiger partial charge in [0.15, 0.2) is 0 Å². The molecule has 0 aromatic carbocycles. The predicted octanol–water partition coefficient (Wildman–Crippen LogP) is 1.94. The van der Waals surface area contributed by atoms with E-state index in [9.17, 15) is 4.79 Å². The number of amides is 1. The Morgan fingerprint density at radius 1 is 1.37 bits per heavy atom. The average Bonchev–Trinajstić information content (AvgIpc) is 2.33. The summed E-state index contributed by atoms with van der Waals surface area (Å²) >= 11 is 0. The fourth-order valence-electron chi connectivity index (χ4n) is 2.22. The van der Waals surface area contributed by atoms with Gasteiger partial charge in [-0.2, -0.15) is 0 Å². The summed E-state index contributed by atoms with van der Waals surface area (Å²) < 4.78 is 5.50. The van der Waals surface area contributed by atoms with Crippen LogP contribution in [0, 0.1) is 11.3 Å². The highest BCUT2D eigenvalue weighted by Crippen LogP contribution is 2.24. The number of ether oxygens (including phenoxy) is 1. The predicted molar refractivity (Wildman–Crippen MR) is 78.1 cm³/mol. The van der Waals surface area contributed by atoms with Crippen molar-refractivity contribution in [1.82, 2.24) is 10.6 Å². The van der Waals surface area contributed by atoms with Gasteiger partial charge in [0.25, 0.3) is 5.91 Å². The van der Waals surface area contributed by atoms with Crippen LogP contribution in [0.2, 0.25) is 0 Å². The molecule has 0 radical (unpaired) electrons. The molecule has 1 rings (SSSR count). The van der Waals surface area contributed by atoms with Crippen molar-refractivity contribution >= 4 is 5.91 Å². The second kappa shape index (κ2) is 7.25. The van der Waals surface area contributed by atoms with Crippen LogP contribution in [0.3, 0.4) is 0 Å². The van der Waals surface area contributed by atoms with Crippen molar-refractivity contribution in [3.05, 3.63) is 0 Å². The first-order valence-corrected chi connectivity index (χ1v) is 7.43. The highest BCUT2D eigenvalue weighted by Gasteiger charge is 2.29. The first-order chi connectivity index (χ1) is 8.80. The zero-order valence-corrected chi connectivity index (χ0v) is 13.1. The molecule has 1 aliphatic rings. The largest absolute Gasteiger partial charge is 0.366 e. The Labute approximate surface area is 117 Å². The third kappa shape index (κ3) is 5.91. The van der Waals surface area contributed by atoms with E-state index in [4.69, 9.17) is 4.74 Å². The molecule has 1 aliphatic heterocycles. The van der Waals surface area contributed by atoms with Gasteiger partial charge in [-0.15, -0.1) is 0 Å². The molecule has 1 amide bonds. The van der Waals surface area contributed by atoms with Gasteiger partial charge in [0.05, 0.1) is 6.61 Å². The van der Waals surface area contributed by atoms with Crippen LogP contribution in [0.15, 0.2) is 0 Å². The number of morpholine rings is 1. The molecule has 2 atom stereocenters. The normalized spacial score (nSPS) is 22.3. The second-order valence-electron chi connectivity index (χ2n) is 6.96. The van der Waals surface area contributed by atoms with Crippen molar-refractivity contribution in [3.63, 3.8) is 0 Å². The Morgan fingerprint density at radius 3 is 2.53 bits per heavy atom. The molecule has 0 aromatic rings. The monoisotopic (exact) mass is 270 g/mol. The molecule has 0 spiro atoms. The van der Waals surface area contributed by atoms with Gasteiger partial charge in [0, 0.05) is 19.1 Å². The smallest absolute Gasteiger partial charge is 0.250 e. The van der Waals surface area contributed by atoms with E-state index >= 15 is 0 Å². The number of hydrogen-bond donors (Lipinski definition) is 2. The Morgan fingerprint density at radius 2 is 2.05 bits per heavy atom. The lowest BCUT2D eigenvalue weighted by atomic mass is 9.82. The maximum absolute atomic E-state index is 12.2. The van der Waals surface area contributed by atoms with Gasteiger partial charge in [-0.3, -0.25) is 4.79 Å². The lowest BCUT2D eigenvalue weighted by Gasteiger charge is -2.34. The third-order valence-electron chi connectivity index (χ3n) is 3.61. The number of carbonyl (C=O) groups is 1. The standard InChI is InChI=1S/C15H30N2O2/c1-11(2)6-7-13(15(3,4)5)17-14(18)12-10-16-8-9-19-12/h11-13,16H,6-10H2,1-5H3,(H,17,18). The van der Waals surface area contributed by atoms with Crippen LogP contribution in [-0.4, -0.2) is 37.7 Å². The molecule has 0 aromatic heterocycles. The van der Waals surface area contributed by atoms with E-state index in [1.807, 2.05) is 0 Å². The van der Waals surface area contributed by atoms with E-state index in [1.165, 1.54) is 0 Å². The van der Waals surface area contributed by atoms with Crippen LogP contribution in [0.5, 0.6) is 0 Å². The van der Waals surface area contributed by atoms with Crippen LogP contribution in [0.25, 0.3) is 0 Å². The summed E-state index contributed by atoms with van der Waals surface area (Å²) in [5.41, 5.74) is 0.0760. The maximum Gasteiger partial charge on any atom is 0.250 e. The molecule has 0 saturated carbocycles. The minimum Gasteiger partial charge on any atom is -0.366 e. The lowest BCUT2D eigenvalue weighted by molar-refractivity contribution is -0.135. The summed E-state index contributed by atoms with van der Waals surface area (Å²) in [4.78, 5) is 12.2. The second-order valence-corrected chi connectivity index (χ2v) is 6.96. The maximum atomic E-state index is 12.2. The third-order valence-corrected chi connectivity index (χ3v) is 3.61. The fraction of sp³-hybridized carbons (Fsp3) is 0.933. The average molecular weight is 270 g/mol. The summed E-state index contributed by atoms with van der Waals surface area (Å²) in [6.45, 7) is 13.0. The van der Waals surface area contributed by atoms with E-state index in [-0.39, 0.29) is 23.5 Å². The summed E-state index contributed by atoms with van der Waals surface area (Å²) in [5.74, 6) is 0.685. The van der Waals surface area contributed by atoms with Crippen molar-refractivity contribution in [1.29, 1.82) is 0 Å². The zero-order valence-electron chi connectivity index (χ0n) is 13.1. The van der Waals surface area contributed by atoms with E-state index in [0.29, 0.717) is 19.1 Å². The first-order valence-electron chi connectivity index (χ1n) is 7.43. The van der Waals surface area contributed by atoms with Crippen molar-refractivity contribution in [2.24, 2.45) is 11.3 Å². The van der Waals surface area contributed by atoms with Gasteiger partial charge in [-0.1, -0.05) is 34.6 Å². The molecule has 4 nitrogen and oxygen atoms in total. The van der Waals surface area contributed by atoms with Gasteiger partial charge >= 0.3 is 0 Å². The minimum absolute atomic E-state index is 0.0240. The van der Waals surface area contributed by atoms with Gasteiger partial charge < -0.3 is 15.4 Å². The molecule has 1 heterocycles. The van der Waals surface area contributed by atoms with Crippen molar-refractivity contribution in [2.45, 2.75) is 59.6 Å². The van der Waals surface area contributed by atoms with Crippen molar-refractivity contribution in [3.8, 4) is 0 Å². The van der Waals surface area contributed by atoms with E-state index in [0.717, 1.165) is 19.4 Å². The molecule has 4 heteroatoms. The number of carbonyl (C=O) groups excluding carboxylic acids is 1. The summed E-state index contributed by atoms with van der Waals surface area (Å²) in [7, 11) is 0. The molecule has 0 bridgehead atoms. The van der Waals surface area contributed by atoms with E-state index < -0.39 is 0 Å². The van der Waals surface area contributed by atoms with E-state index in [1.54, 1.807) is 0 Å². The number of rotatable bonds is 5. The molecule has 1 fully saturated rings. The zero-order chi connectivity index (χ0) is 14.5. The Bertz CT molecular complexity index is 278. The number of nitrogens with one attached hydrogen (secondary N) is 2. The van der Waals surface area contributed by atoms with Crippen LogP contribution in [-0.2, 0) is 9.53 Å². The summed E-state index contributed by atoms with van der Waals surface area (Å²) in [5, 5.41) is 6.37. The first kappa shape index (κ1) is 16.4. The highest BCUT2D eigenvalue weighted by molar-refractivity contribution is 5.81. The molecule has 0 aliphatic carbocycles. The minimum atomic E-state index is -0.336. The van der Waals surface area contributed by atoms with E-state index in [2.05, 4.69) is 45.3 Å². The SMILES string of the molecule is CC(C)CCC(NC(=O)C1CNCCO1)C(C)(C)C. The van der Waals surface area contributed by atoms with Gasteiger partial charge in [0.2, 0.25) is 0 Å². The molecular weight excluding hydrogens is 240 g/mol. The highest BCUT2D eigenvalue weighted by atomic mass is 16.5. The molecule has 19 heavy (non-hydrogen) atoms. The summed E-state index contributed by atoms with van der Waals surface area (Å²) in [6, 6.07) is 0.202. The lowest BCUT2D eigenvalue weighted by Crippen LogP contribution is -2.53. The van der Waals surface area contributed by atoms with Crippen LogP contribution in [0.1, 0.15) is 47.5 Å². The topological polar surface area (TPSA) is 50.4 Å². The molecule has 2 N–H and O–H groups in total. The Kier molecular flexibility index (Phi) is 6.27. The molecule has 1 saturated heterocycles. The van der Waals surface area contributed by atoms with Crippen LogP contribution in [0.4, 0.5) is 0 Å². The number of hydrogen-bond acceptors (Lipinski definition) is 3. The van der Waals surface area contributed by atoms with Crippen LogP contribution < -0.4 is 10.6 Å². The van der Waals surface area contributed by atoms with Crippen LogP contribution >= 0.6 is 0 Å². The Balaban J connectivity index is 2.53. The molecule has 2 unspecified atom stereocenters. The quantitative estimate of drug-likeness (QED) is 0.803. The molecule has 112 valence electrons. The van der Waals surface area contributed by atoms with Crippen molar-refractivity contribution < 1.29 is 9.53 Å². The molecular formula is C15H30N2O2. The van der Waals surface area contributed by atoms with Crippen molar-refractivity contribution in [2.75, 3.05) is 19.7 Å². The van der Waals surface area contributed by atoms with Gasteiger partial charge in [0.1, 0.15) is 6.10 Å². The fourth-order valence-corrected chi connectivity index (χ4v) is 2.22. The Hall–Kier alpha value is -0.610. The summed E-state index contributed by atoms with van der Waals surface area (Å²) in [6.07, 6.45) is 1.82. The van der Waals surface area contributed by atoms with Gasteiger partial charge in [-0.25, -0.2) is 0 Å².